The molecule has 6 heteroatoms. The van der Waals surface area contributed by atoms with E-state index in [1.165, 1.54) is 6.26 Å². The van der Waals surface area contributed by atoms with Gasteiger partial charge in [-0.1, -0.05) is 32.9 Å². The van der Waals surface area contributed by atoms with Gasteiger partial charge in [0.15, 0.2) is 5.76 Å². The van der Waals surface area contributed by atoms with E-state index in [0.717, 1.165) is 17.7 Å². The van der Waals surface area contributed by atoms with E-state index in [1.54, 1.807) is 19.2 Å². The first kappa shape index (κ1) is 19.6. The third-order valence-corrected chi connectivity index (χ3v) is 4.22. The van der Waals surface area contributed by atoms with Crippen LogP contribution in [0.2, 0.25) is 0 Å². The molecule has 2 rings (SSSR count). The van der Waals surface area contributed by atoms with Crippen molar-refractivity contribution in [2.45, 2.75) is 39.3 Å². The molecule has 2 atom stereocenters. The Balaban J connectivity index is 2.08. The van der Waals surface area contributed by atoms with Crippen molar-refractivity contribution in [3.63, 3.8) is 0 Å². The van der Waals surface area contributed by atoms with Gasteiger partial charge in [-0.15, -0.1) is 0 Å². The van der Waals surface area contributed by atoms with E-state index in [1.807, 2.05) is 45.0 Å². The van der Waals surface area contributed by atoms with Crippen molar-refractivity contribution >= 4 is 11.8 Å². The summed E-state index contributed by atoms with van der Waals surface area (Å²) < 4.78 is 10.3. The fourth-order valence-electron chi connectivity index (χ4n) is 2.67. The Morgan fingerprint density at radius 2 is 1.81 bits per heavy atom. The molecule has 0 saturated heterocycles. The molecule has 0 bridgehead atoms. The normalized spacial score (nSPS) is 13.1. The zero-order valence-corrected chi connectivity index (χ0v) is 15.6. The molecule has 0 spiro atoms. The summed E-state index contributed by atoms with van der Waals surface area (Å²) in [6.07, 6.45) is 2.16. The Morgan fingerprint density at radius 1 is 1.12 bits per heavy atom. The first-order valence-electron chi connectivity index (χ1n) is 8.75. The fourth-order valence-corrected chi connectivity index (χ4v) is 2.67. The van der Waals surface area contributed by atoms with E-state index in [0.29, 0.717) is 0 Å². The fraction of sp³-hybridized carbons (Fsp3) is 0.400. The topological polar surface area (TPSA) is 80.6 Å². The number of hydrogen-bond acceptors (Lipinski definition) is 4. The lowest BCUT2D eigenvalue weighted by Gasteiger charge is -2.25. The van der Waals surface area contributed by atoms with Gasteiger partial charge in [0.25, 0.3) is 5.91 Å². The van der Waals surface area contributed by atoms with Crippen LogP contribution in [0.4, 0.5) is 0 Å². The highest BCUT2D eigenvalue weighted by molar-refractivity contribution is 5.95. The monoisotopic (exact) mass is 358 g/mol. The summed E-state index contributed by atoms with van der Waals surface area (Å²) >= 11 is 0. The molecule has 2 unspecified atom stereocenters. The van der Waals surface area contributed by atoms with Gasteiger partial charge >= 0.3 is 0 Å². The number of amides is 2. The lowest BCUT2D eigenvalue weighted by Crippen LogP contribution is -2.50. The maximum Gasteiger partial charge on any atom is 0.287 e. The molecule has 0 fully saturated rings. The number of benzene rings is 1. The summed E-state index contributed by atoms with van der Waals surface area (Å²) in [4.78, 5) is 25.0. The molecular formula is C20H26N2O4. The van der Waals surface area contributed by atoms with E-state index in [4.69, 9.17) is 9.15 Å². The van der Waals surface area contributed by atoms with Crippen LogP contribution in [-0.4, -0.2) is 25.0 Å². The number of methoxy groups -OCH3 is 1. The van der Waals surface area contributed by atoms with Crippen molar-refractivity contribution in [2.75, 3.05) is 7.11 Å². The van der Waals surface area contributed by atoms with Gasteiger partial charge in [0.2, 0.25) is 5.91 Å². The Morgan fingerprint density at radius 3 is 2.31 bits per heavy atom. The number of furan rings is 1. The molecule has 2 N–H and O–H groups in total. The van der Waals surface area contributed by atoms with Crippen molar-refractivity contribution in [1.82, 2.24) is 10.6 Å². The number of hydrogen-bond donors (Lipinski definition) is 2. The minimum Gasteiger partial charge on any atom is -0.497 e. The molecule has 0 aliphatic carbocycles. The number of carbonyl (C=O) groups excluding carboxylic acids is 2. The predicted octanol–water partition coefficient (Wildman–Crippen LogP) is 3.31. The molecule has 1 aromatic carbocycles. The van der Waals surface area contributed by atoms with E-state index >= 15 is 0 Å². The molecule has 0 saturated carbocycles. The average molecular weight is 358 g/mol. The first-order valence-corrected chi connectivity index (χ1v) is 8.75. The smallest absolute Gasteiger partial charge is 0.287 e. The van der Waals surface area contributed by atoms with Gasteiger partial charge in [0, 0.05) is 0 Å². The summed E-state index contributed by atoms with van der Waals surface area (Å²) in [5.74, 6) is 0.262. The second-order valence-corrected chi connectivity index (χ2v) is 6.42. The second kappa shape index (κ2) is 9.08. The van der Waals surface area contributed by atoms with Crippen LogP contribution in [0.3, 0.4) is 0 Å². The summed E-state index contributed by atoms with van der Waals surface area (Å²) in [7, 11) is 1.61. The zero-order chi connectivity index (χ0) is 19.1. The van der Waals surface area contributed by atoms with E-state index in [9.17, 15) is 9.59 Å². The summed E-state index contributed by atoms with van der Waals surface area (Å²) in [6.45, 7) is 5.78. The molecule has 26 heavy (non-hydrogen) atoms. The molecule has 6 nitrogen and oxygen atoms in total. The van der Waals surface area contributed by atoms with Crippen LogP contribution in [0.25, 0.3) is 0 Å². The lowest BCUT2D eigenvalue weighted by molar-refractivity contribution is -0.124. The van der Waals surface area contributed by atoms with Gasteiger partial charge in [-0.3, -0.25) is 9.59 Å². The van der Waals surface area contributed by atoms with Crippen molar-refractivity contribution in [2.24, 2.45) is 5.92 Å². The predicted molar refractivity (Wildman–Crippen MR) is 99.0 cm³/mol. The Kier molecular flexibility index (Phi) is 6.83. The quantitative estimate of drug-likeness (QED) is 0.759. The minimum atomic E-state index is -0.653. The van der Waals surface area contributed by atoms with Crippen LogP contribution in [0, 0.1) is 5.92 Å². The number of nitrogens with one attached hydrogen (secondary N) is 2. The number of rotatable bonds is 8. The summed E-state index contributed by atoms with van der Waals surface area (Å²) in [5.41, 5.74) is 0.988. The van der Waals surface area contributed by atoms with Crippen molar-refractivity contribution < 1.29 is 18.7 Å². The van der Waals surface area contributed by atoms with Gasteiger partial charge in [-0.2, -0.15) is 0 Å². The third-order valence-electron chi connectivity index (χ3n) is 4.22. The van der Waals surface area contributed by atoms with Gasteiger partial charge in [0.1, 0.15) is 11.8 Å². The highest BCUT2D eigenvalue weighted by Gasteiger charge is 2.27. The Bertz CT molecular complexity index is 708. The maximum atomic E-state index is 12.8. The molecule has 0 radical (unpaired) electrons. The highest BCUT2D eigenvalue weighted by Crippen LogP contribution is 2.20. The Hall–Kier alpha value is -2.76. The van der Waals surface area contributed by atoms with Crippen LogP contribution >= 0.6 is 0 Å². The van der Waals surface area contributed by atoms with Gasteiger partial charge in [-0.05, 0) is 42.2 Å². The molecule has 1 aromatic heterocycles. The average Bonchev–Trinajstić information content (AvgIpc) is 3.18. The van der Waals surface area contributed by atoms with Gasteiger partial charge in [-0.25, -0.2) is 0 Å². The molecule has 1 heterocycles. The standard InChI is InChI=1S/C20H26N2O4/c1-5-16(14-8-10-15(25-4)11-9-14)21-20(24)18(13(2)3)22-19(23)17-7-6-12-26-17/h6-13,16,18H,5H2,1-4H3,(H,21,24)(H,22,23). The minimum absolute atomic E-state index is 0.0673. The SMILES string of the molecule is CCC(NC(=O)C(NC(=O)c1ccco1)C(C)C)c1ccc(OC)cc1. The second-order valence-electron chi connectivity index (χ2n) is 6.42. The van der Waals surface area contributed by atoms with E-state index in [2.05, 4.69) is 10.6 Å². The Labute approximate surface area is 153 Å². The molecule has 2 aromatic rings. The molecule has 140 valence electrons. The highest BCUT2D eigenvalue weighted by atomic mass is 16.5. The molecule has 0 aliphatic rings. The zero-order valence-electron chi connectivity index (χ0n) is 15.6. The van der Waals surface area contributed by atoms with Crippen LogP contribution in [-0.2, 0) is 4.79 Å². The molecular weight excluding hydrogens is 332 g/mol. The van der Waals surface area contributed by atoms with Crippen LogP contribution < -0.4 is 15.4 Å². The first-order chi connectivity index (χ1) is 12.5. The van der Waals surface area contributed by atoms with Gasteiger partial charge < -0.3 is 19.8 Å². The third kappa shape index (κ3) is 4.88. The summed E-state index contributed by atoms with van der Waals surface area (Å²) in [6, 6.07) is 9.99. The molecule has 0 aliphatic heterocycles. The van der Waals surface area contributed by atoms with E-state index < -0.39 is 11.9 Å². The lowest BCUT2D eigenvalue weighted by atomic mass is 10.00. The summed E-state index contributed by atoms with van der Waals surface area (Å²) in [5, 5.41) is 5.78. The molecule has 2 amide bonds. The van der Waals surface area contributed by atoms with Crippen LogP contribution in [0.15, 0.2) is 47.1 Å². The largest absolute Gasteiger partial charge is 0.497 e. The number of ether oxygens (including phenoxy) is 1. The van der Waals surface area contributed by atoms with Gasteiger partial charge in [0.05, 0.1) is 19.4 Å². The van der Waals surface area contributed by atoms with Crippen molar-refractivity contribution in [3.05, 3.63) is 54.0 Å². The van der Waals surface area contributed by atoms with Crippen molar-refractivity contribution in [1.29, 1.82) is 0 Å². The van der Waals surface area contributed by atoms with Crippen LogP contribution in [0.1, 0.15) is 49.4 Å². The van der Waals surface area contributed by atoms with Crippen LogP contribution in [0.5, 0.6) is 5.75 Å². The van der Waals surface area contributed by atoms with E-state index in [-0.39, 0.29) is 23.6 Å². The maximum absolute atomic E-state index is 12.8. The number of carbonyl (C=O) groups is 2. The van der Waals surface area contributed by atoms with Crippen molar-refractivity contribution in [3.8, 4) is 5.75 Å².